The van der Waals surface area contributed by atoms with Crippen LogP contribution in [0.3, 0.4) is 0 Å². The zero-order valence-corrected chi connectivity index (χ0v) is 17.4. The molecule has 6 nitrogen and oxygen atoms in total. The Balaban J connectivity index is 1.47. The molecule has 4 aromatic rings. The summed E-state index contributed by atoms with van der Waals surface area (Å²) in [6.45, 7) is 4.20. The number of para-hydroxylation sites is 2. The van der Waals surface area contributed by atoms with Crippen molar-refractivity contribution in [3.63, 3.8) is 0 Å². The minimum atomic E-state index is 0.0232. The van der Waals surface area contributed by atoms with Crippen LogP contribution in [0, 0.1) is 0 Å². The number of nitrogens with one attached hydrogen (secondary N) is 1. The van der Waals surface area contributed by atoms with E-state index < -0.39 is 0 Å². The van der Waals surface area contributed by atoms with E-state index in [1.807, 2.05) is 78.9 Å². The van der Waals surface area contributed by atoms with E-state index in [-0.39, 0.29) is 11.0 Å². The second kappa shape index (κ2) is 9.23. The Labute approximate surface area is 185 Å². The molecule has 0 spiro atoms. The second-order valence-corrected chi connectivity index (χ2v) is 7.04. The fourth-order valence-corrected chi connectivity index (χ4v) is 3.32. The third-order valence-corrected chi connectivity index (χ3v) is 4.74. The minimum Gasteiger partial charge on any atom is -0.493 e. The molecule has 4 rings (SSSR count). The molecule has 3 aromatic carbocycles. The predicted octanol–water partition coefficient (Wildman–Crippen LogP) is 6.81. The van der Waals surface area contributed by atoms with E-state index in [0.29, 0.717) is 18.0 Å². The summed E-state index contributed by atoms with van der Waals surface area (Å²) >= 11 is 5.29. The zero-order chi connectivity index (χ0) is 21.6. The summed E-state index contributed by atoms with van der Waals surface area (Å²) in [4.78, 5) is 0. The second-order valence-electron chi connectivity index (χ2n) is 6.66. The Hall–Kier alpha value is -3.97. The highest BCUT2D eigenvalue weighted by Crippen LogP contribution is 2.38. The maximum Gasteiger partial charge on any atom is 0.221 e. The quantitative estimate of drug-likeness (QED) is 0.201. The van der Waals surface area contributed by atoms with Gasteiger partial charge in [0.25, 0.3) is 0 Å². The summed E-state index contributed by atoms with van der Waals surface area (Å²) in [7, 11) is 0. The van der Waals surface area contributed by atoms with Crippen molar-refractivity contribution in [3.8, 4) is 17.4 Å². The molecule has 1 heterocycles. The molecule has 0 unspecified atom stereocenters. The van der Waals surface area contributed by atoms with Crippen LogP contribution in [-0.4, -0.2) is 14.8 Å². The molecule has 0 aliphatic rings. The topological polar surface area (TPSA) is 71.1 Å². The minimum absolute atomic E-state index is 0.0232. The van der Waals surface area contributed by atoms with Crippen LogP contribution in [0.15, 0.2) is 102 Å². The lowest BCUT2D eigenvalue weighted by molar-refractivity contribution is 0.431. The van der Waals surface area contributed by atoms with Crippen molar-refractivity contribution in [1.29, 1.82) is 0 Å². The van der Waals surface area contributed by atoms with E-state index in [4.69, 9.17) is 17.0 Å². The van der Waals surface area contributed by atoms with Crippen molar-refractivity contribution in [2.75, 3.05) is 5.32 Å². The summed E-state index contributed by atoms with van der Waals surface area (Å²) in [5, 5.41) is 22.8. The number of benzene rings is 3. The Bertz CT molecular complexity index is 1250. The highest BCUT2D eigenvalue weighted by molar-refractivity contribution is 7.80. The van der Waals surface area contributed by atoms with Crippen molar-refractivity contribution < 1.29 is 9.84 Å². The van der Waals surface area contributed by atoms with Gasteiger partial charge in [0.05, 0.1) is 5.52 Å². The van der Waals surface area contributed by atoms with Gasteiger partial charge in [-0.1, -0.05) is 42.5 Å². The van der Waals surface area contributed by atoms with Crippen molar-refractivity contribution in [2.24, 2.45) is 10.2 Å². The van der Waals surface area contributed by atoms with E-state index in [9.17, 15) is 5.11 Å². The number of rotatable bonds is 6. The number of thiocarbonyl (C=S) groups is 1. The maximum absolute atomic E-state index is 10.6. The van der Waals surface area contributed by atoms with Crippen LogP contribution >= 0.6 is 12.2 Å². The van der Waals surface area contributed by atoms with Crippen LogP contribution in [0.1, 0.15) is 0 Å². The van der Waals surface area contributed by atoms with Gasteiger partial charge in [0.2, 0.25) is 11.0 Å². The molecule has 154 valence electrons. The van der Waals surface area contributed by atoms with E-state index in [2.05, 4.69) is 22.1 Å². The summed E-state index contributed by atoms with van der Waals surface area (Å²) in [6, 6.07) is 24.5. The number of hydrogen-bond donors (Lipinski definition) is 2. The van der Waals surface area contributed by atoms with Crippen LogP contribution in [0.5, 0.6) is 17.4 Å². The summed E-state index contributed by atoms with van der Waals surface area (Å²) in [6.07, 6.45) is 1.71. The summed E-state index contributed by atoms with van der Waals surface area (Å²) in [5.41, 5.74) is 1.97. The predicted molar refractivity (Wildman–Crippen MR) is 127 cm³/mol. The molecule has 0 radical (unpaired) electrons. The Morgan fingerprint density at radius 3 is 2.42 bits per heavy atom. The third-order valence-electron chi connectivity index (χ3n) is 4.55. The van der Waals surface area contributed by atoms with Gasteiger partial charge in [-0.3, -0.25) is 0 Å². The number of hydrogen-bond acceptors (Lipinski definition) is 4. The number of ether oxygens (including phenoxy) is 1. The smallest absolute Gasteiger partial charge is 0.221 e. The molecule has 2 N–H and O–H groups in total. The van der Waals surface area contributed by atoms with Gasteiger partial charge in [-0.2, -0.15) is 0 Å². The Kier molecular flexibility index (Phi) is 6.05. The SMILES string of the molecule is C=CCn1c(O)c(N=NC(=S)Nc2ccc(Oc3ccccc3)cc2)c2ccccc21. The lowest BCUT2D eigenvalue weighted by Crippen LogP contribution is -2.04. The van der Waals surface area contributed by atoms with Gasteiger partial charge in [0.1, 0.15) is 11.5 Å². The first-order valence-electron chi connectivity index (χ1n) is 9.62. The van der Waals surface area contributed by atoms with Crippen molar-refractivity contribution >= 4 is 39.6 Å². The van der Waals surface area contributed by atoms with Crippen LogP contribution in [-0.2, 0) is 6.54 Å². The van der Waals surface area contributed by atoms with Gasteiger partial charge >= 0.3 is 0 Å². The van der Waals surface area contributed by atoms with E-state index in [0.717, 1.165) is 22.3 Å². The molecule has 0 bridgehead atoms. The molecule has 0 saturated heterocycles. The average molecular weight is 429 g/mol. The highest BCUT2D eigenvalue weighted by atomic mass is 32.1. The number of fused-ring (bicyclic) bond motifs is 1. The van der Waals surface area contributed by atoms with Crippen LogP contribution < -0.4 is 10.1 Å². The fraction of sp³-hybridized carbons (Fsp3) is 0.0417. The largest absolute Gasteiger partial charge is 0.493 e. The maximum atomic E-state index is 10.6. The summed E-state index contributed by atoms with van der Waals surface area (Å²) in [5.74, 6) is 1.50. The Morgan fingerprint density at radius 1 is 1.00 bits per heavy atom. The molecular formula is C24H20N4O2S. The average Bonchev–Trinajstić information content (AvgIpc) is 3.06. The van der Waals surface area contributed by atoms with Crippen molar-refractivity contribution in [2.45, 2.75) is 6.54 Å². The number of azo groups is 1. The molecular weight excluding hydrogens is 408 g/mol. The molecule has 1 aromatic heterocycles. The number of anilines is 1. The van der Waals surface area contributed by atoms with Crippen LogP contribution in [0.2, 0.25) is 0 Å². The van der Waals surface area contributed by atoms with Crippen molar-refractivity contribution in [3.05, 3.63) is 91.5 Å². The molecule has 0 aliphatic carbocycles. The standard InChI is InChI=1S/C24H20N4O2S/c1-2-16-28-21-11-7-6-10-20(21)22(23(28)29)26-27-24(31)25-17-12-14-19(15-13-17)30-18-8-4-3-5-9-18/h2-15,29H,1,16H2,(H,25,31). The molecule has 31 heavy (non-hydrogen) atoms. The van der Waals surface area contributed by atoms with Crippen LogP contribution in [0.25, 0.3) is 10.9 Å². The monoisotopic (exact) mass is 428 g/mol. The molecule has 0 amide bonds. The van der Waals surface area contributed by atoms with Crippen molar-refractivity contribution in [1.82, 2.24) is 4.57 Å². The molecule has 7 heteroatoms. The molecule has 0 saturated carbocycles. The summed E-state index contributed by atoms with van der Waals surface area (Å²) < 4.78 is 7.50. The lowest BCUT2D eigenvalue weighted by atomic mass is 10.2. The first-order valence-corrected chi connectivity index (χ1v) is 10.0. The highest BCUT2D eigenvalue weighted by Gasteiger charge is 2.15. The lowest BCUT2D eigenvalue weighted by Gasteiger charge is -2.07. The van der Waals surface area contributed by atoms with Gasteiger partial charge in [0, 0.05) is 17.6 Å². The van der Waals surface area contributed by atoms with Gasteiger partial charge in [-0.25, -0.2) is 0 Å². The first kappa shape index (κ1) is 20.3. The van der Waals surface area contributed by atoms with Gasteiger partial charge in [-0.15, -0.1) is 16.8 Å². The number of aromatic nitrogens is 1. The van der Waals surface area contributed by atoms with Gasteiger partial charge in [-0.05, 0) is 54.7 Å². The Morgan fingerprint density at radius 2 is 1.68 bits per heavy atom. The van der Waals surface area contributed by atoms with Gasteiger partial charge < -0.3 is 19.7 Å². The first-order chi connectivity index (χ1) is 15.2. The molecule has 0 fully saturated rings. The molecule has 0 aliphatic heterocycles. The number of allylic oxidation sites excluding steroid dienone is 1. The number of aromatic hydroxyl groups is 1. The van der Waals surface area contributed by atoms with Gasteiger partial charge in [0.15, 0.2) is 5.69 Å². The van der Waals surface area contributed by atoms with E-state index in [1.165, 1.54) is 0 Å². The zero-order valence-electron chi connectivity index (χ0n) is 16.6. The molecule has 0 atom stereocenters. The fourth-order valence-electron chi connectivity index (χ4n) is 3.16. The van der Waals surface area contributed by atoms with E-state index in [1.54, 1.807) is 10.6 Å². The van der Waals surface area contributed by atoms with E-state index >= 15 is 0 Å². The van der Waals surface area contributed by atoms with Crippen LogP contribution in [0.4, 0.5) is 11.4 Å². The normalized spacial score (nSPS) is 11.0. The third kappa shape index (κ3) is 4.62. The number of nitrogens with zero attached hydrogens (tertiary/aromatic N) is 3.